The number of amides is 1. The molecule has 0 aliphatic carbocycles. The Labute approximate surface area is 159 Å². The molecule has 0 aliphatic heterocycles. The van der Waals surface area contributed by atoms with Crippen LogP contribution in [0.2, 0.25) is 5.02 Å². The van der Waals surface area contributed by atoms with Crippen LogP contribution in [0.4, 0.5) is 0 Å². The first kappa shape index (κ1) is 19.9. The van der Waals surface area contributed by atoms with Gasteiger partial charge in [-0.3, -0.25) is 4.79 Å². The van der Waals surface area contributed by atoms with E-state index in [0.29, 0.717) is 35.5 Å². The second kappa shape index (κ2) is 9.92. The minimum atomic E-state index is -0.232. The lowest BCUT2D eigenvalue weighted by Crippen LogP contribution is -2.31. The first-order chi connectivity index (χ1) is 12.5. The molecule has 0 aromatic heterocycles. The zero-order chi connectivity index (χ0) is 18.9. The Kier molecular flexibility index (Phi) is 7.60. The molecule has 0 fully saturated rings. The van der Waals surface area contributed by atoms with Crippen molar-refractivity contribution in [3.63, 3.8) is 0 Å². The standard InChI is InChI=1S/C20H24ClNO4/c1-4-24-18-11-10-15(12-19(18)25-5-2)14(3)22-20(23)13-26-17-9-7-6-8-16(17)21/h6-12,14H,4-5,13H2,1-3H3,(H,22,23)/t14-/m1/s1. The van der Waals surface area contributed by atoms with Crippen molar-refractivity contribution in [2.75, 3.05) is 19.8 Å². The maximum absolute atomic E-state index is 12.2. The molecule has 0 spiro atoms. The molecule has 0 heterocycles. The number of rotatable bonds is 9. The summed E-state index contributed by atoms with van der Waals surface area (Å²) < 4.78 is 16.6. The van der Waals surface area contributed by atoms with Crippen LogP contribution in [0, 0.1) is 0 Å². The fourth-order valence-corrected chi connectivity index (χ4v) is 2.60. The lowest BCUT2D eigenvalue weighted by atomic mass is 10.1. The SMILES string of the molecule is CCOc1ccc([C@@H](C)NC(=O)COc2ccccc2Cl)cc1OCC. The topological polar surface area (TPSA) is 56.8 Å². The third-order valence-corrected chi connectivity index (χ3v) is 3.95. The highest BCUT2D eigenvalue weighted by molar-refractivity contribution is 6.32. The number of hydrogen-bond acceptors (Lipinski definition) is 4. The van der Waals surface area contributed by atoms with Crippen LogP contribution in [0.5, 0.6) is 17.2 Å². The first-order valence-corrected chi connectivity index (χ1v) is 8.99. The largest absolute Gasteiger partial charge is 0.490 e. The Morgan fingerprint density at radius 1 is 1.00 bits per heavy atom. The van der Waals surface area contributed by atoms with Gasteiger partial charge in [0.2, 0.25) is 0 Å². The van der Waals surface area contributed by atoms with Gasteiger partial charge in [0.15, 0.2) is 18.1 Å². The molecular weight excluding hydrogens is 354 g/mol. The highest BCUT2D eigenvalue weighted by Crippen LogP contribution is 2.30. The first-order valence-electron chi connectivity index (χ1n) is 8.61. The van der Waals surface area contributed by atoms with Crippen LogP contribution in [-0.4, -0.2) is 25.7 Å². The Morgan fingerprint density at radius 3 is 2.38 bits per heavy atom. The number of para-hydroxylation sites is 1. The van der Waals surface area contributed by atoms with Crippen LogP contribution in [0.25, 0.3) is 0 Å². The maximum atomic E-state index is 12.2. The molecule has 2 rings (SSSR count). The fourth-order valence-electron chi connectivity index (χ4n) is 2.41. The van der Waals surface area contributed by atoms with Crippen LogP contribution < -0.4 is 19.5 Å². The van der Waals surface area contributed by atoms with Gasteiger partial charge in [0, 0.05) is 0 Å². The van der Waals surface area contributed by atoms with Crippen molar-refractivity contribution < 1.29 is 19.0 Å². The zero-order valence-electron chi connectivity index (χ0n) is 15.3. The molecule has 140 valence electrons. The summed E-state index contributed by atoms with van der Waals surface area (Å²) in [7, 11) is 0. The van der Waals surface area contributed by atoms with E-state index in [-0.39, 0.29) is 18.6 Å². The Hall–Kier alpha value is -2.40. The summed E-state index contributed by atoms with van der Waals surface area (Å²) in [5.41, 5.74) is 0.919. The van der Waals surface area contributed by atoms with E-state index in [4.69, 9.17) is 25.8 Å². The molecular formula is C20H24ClNO4. The normalized spacial score (nSPS) is 11.5. The zero-order valence-corrected chi connectivity index (χ0v) is 16.0. The van der Waals surface area contributed by atoms with Gasteiger partial charge in [-0.2, -0.15) is 0 Å². The highest BCUT2D eigenvalue weighted by atomic mass is 35.5. The minimum Gasteiger partial charge on any atom is -0.490 e. The molecule has 2 aromatic carbocycles. The minimum absolute atomic E-state index is 0.108. The number of nitrogens with one attached hydrogen (secondary N) is 1. The molecule has 5 nitrogen and oxygen atoms in total. The Balaban J connectivity index is 1.97. The van der Waals surface area contributed by atoms with Crippen molar-refractivity contribution >= 4 is 17.5 Å². The third-order valence-electron chi connectivity index (χ3n) is 3.64. The van der Waals surface area contributed by atoms with E-state index in [1.54, 1.807) is 24.3 Å². The highest BCUT2D eigenvalue weighted by Gasteiger charge is 2.14. The predicted molar refractivity (Wildman–Crippen MR) is 102 cm³/mol. The number of carbonyl (C=O) groups excluding carboxylic acids is 1. The van der Waals surface area contributed by atoms with Crippen molar-refractivity contribution in [3.05, 3.63) is 53.1 Å². The van der Waals surface area contributed by atoms with Gasteiger partial charge in [-0.25, -0.2) is 0 Å². The molecule has 0 saturated heterocycles. The van der Waals surface area contributed by atoms with Gasteiger partial charge < -0.3 is 19.5 Å². The summed E-state index contributed by atoms with van der Waals surface area (Å²) in [6, 6.07) is 12.5. The van der Waals surface area contributed by atoms with Crippen LogP contribution in [0.15, 0.2) is 42.5 Å². The molecule has 1 N–H and O–H groups in total. The fraction of sp³-hybridized carbons (Fsp3) is 0.350. The molecule has 0 radical (unpaired) electrons. The molecule has 6 heteroatoms. The summed E-state index contributed by atoms with van der Waals surface area (Å²) in [6.45, 7) is 6.73. The predicted octanol–water partition coefficient (Wildman–Crippen LogP) is 4.39. The molecule has 26 heavy (non-hydrogen) atoms. The lowest BCUT2D eigenvalue weighted by Gasteiger charge is -2.18. The van der Waals surface area contributed by atoms with Gasteiger partial charge >= 0.3 is 0 Å². The quantitative estimate of drug-likeness (QED) is 0.704. The van der Waals surface area contributed by atoms with Crippen LogP contribution >= 0.6 is 11.6 Å². The summed E-state index contributed by atoms with van der Waals surface area (Å²) >= 11 is 6.01. The van der Waals surface area contributed by atoms with Crippen molar-refractivity contribution in [2.45, 2.75) is 26.8 Å². The van der Waals surface area contributed by atoms with Gasteiger partial charge in [0.1, 0.15) is 5.75 Å². The van der Waals surface area contributed by atoms with E-state index in [0.717, 1.165) is 5.56 Å². The molecule has 1 atom stereocenters. The van der Waals surface area contributed by atoms with E-state index in [1.165, 1.54) is 0 Å². The molecule has 0 saturated carbocycles. The van der Waals surface area contributed by atoms with E-state index >= 15 is 0 Å². The number of ether oxygens (including phenoxy) is 3. The van der Waals surface area contributed by atoms with Crippen molar-refractivity contribution in [2.24, 2.45) is 0 Å². The average Bonchev–Trinajstić information content (AvgIpc) is 2.63. The van der Waals surface area contributed by atoms with Gasteiger partial charge in [-0.15, -0.1) is 0 Å². The molecule has 1 amide bonds. The number of hydrogen-bond donors (Lipinski definition) is 1. The second-order valence-corrected chi connectivity index (χ2v) is 5.99. The van der Waals surface area contributed by atoms with Crippen molar-refractivity contribution in [3.8, 4) is 17.2 Å². The second-order valence-electron chi connectivity index (χ2n) is 5.58. The molecule has 0 unspecified atom stereocenters. The number of halogens is 1. The van der Waals surface area contributed by atoms with Crippen molar-refractivity contribution in [1.82, 2.24) is 5.32 Å². The third kappa shape index (κ3) is 5.56. The summed E-state index contributed by atoms with van der Waals surface area (Å²) in [4.78, 5) is 12.2. The van der Waals surface area contributed by atoms with Crippen molar-refractivity contribution in [1.29, 1.82) is 0 Å². The molecule has 0 aliphatic rings. The Morgan fingerprint density at radius 2 is 1.69 bits per heavy atom. The molecule has 2 aromatic rings. The monoisotopic (exact) mass is 377 g/mol. The summed E-state index contributed by atoms with van der Waals surface area (Å²) in [5.74, 6) is 1.61. The van der Waals surface area contributed by atoms with Crippen LogP contribution in [0.3, 0.4) is 0 Å². The Bertz CT molecular complexity index is 736. The van der Waals surface area contributed by atoms with E-state index in [9.17, 15) is 4.79 Å². The van der Waals surface area contributed by atoms with Gasteiger partial charge in [-0.1, -0.05) is 29.8 Å². The average molecular weight is 378 g/mol. The lowest BCUT2D eigenvalue weighted by molar-refractivity contribution is -0.123. The van der Waals surface area contributed by atoms with E-state index < -0.39 is 0 Å². The number of carbonyl (C=O) groups is 1. The van der Waals surface area contributed by atoms with Crippen LogP contribution in [-0.2, 0) is 4.79 Å². The number of benzene rings is 2. The maximum Gasteiger partial charge on any atom is 0.258 e. The van der Waals surface area contributed by atoms with E-state index in [2.05, 4.69) is 5.32 Å². The van der Waals surface area contributed by atoms with Gasteiger partial charge in [0.05, 0.1) is 24.3 Å². The summed E-state index contributed by atoms with van der Waals surface area (Å²) in [5, 5.41) is 3.38. The van der Waals surface area contributed by atoms with Gasteiger partial charge in [0.25, 0.3) is 5.91 Å². The van der Waals surface area contributed by atoms with E-state index in [1.807, 2.05) is 39.0 Å². The van der Waals surface area contributed by atoms with Crippen LogP contribution in [0.1, 0.15) is 32.4 Å². The smallest absolute Gasteiger partial charge is 0.258 e. The van der Waals surface area contributed by atoms with Gasteiger partial charge in [-0.05, 0) is 50.6 Å². The summed E-state index contributed by atoms with van der Waals surface area (Å²) in [6.07, 6.45) is 0. The molecule has 0 bridgehead atoms.